The molecule has 0 aliphatic heterocycles. The van der Waals surface area contributed by atoms with E-state index in [1.807, 2.05) is 60.9 Å². The molecule has 0 fully saturated rings. The summed E-state index contributed by atoms with van der Waals surface area (Å²) in [6.45, 7) is 2.26. The molecular weight excluding hydrogens is 618 g/mol. The van der Waals surface area contributed by atoms with E-state index in [1.165, 1.54) is 11.1 Å². The number of benzene rings is 2. The van der Waals surface area contributed by atoms with Crippen LogP contribution in [0.15, 0.2) is 69.9 Å². The predicted molar refractivity (Wildman–Crippen MR) is 144 cm³/mol. The van der Waals surface area contributed by atoms with Gasteiger partial charge in [0, 0.05) is 22.0 Å². The van der Waals surface area contributed by atoms with Gasteiger partial charge in [-0.2, -0.15) is 0 Å². The zero-order chi connectivity index (χ0) is 21.3. The van der Waals surface area contributed by atoms with Crippen molar-refractivity contribution in [2.75, 3.05) is 0 Å². The molecule has 2 aromatic heterocycles. The topological polar surface area (TPSA) is 113 Å². The molecule has 33 heavy (non-hydrogen) atoms. The average molecular weight is 644 g/mol. The van der Waals surface area contributed by atoms with E-state index in [-0.39, 0.29) is 37.2 Å². The van der Waals surface area contributed by atoms with Crippen LogP contribution in [-0.4, -0.2) is 30.0 Å². The summed E-state index contributed by atoms with van der Waals surface area (Å²) in [6, 6.07) is 16.1. The Kier molecular flexibility index (Phi) is 15.4. The monoisotopic (exact) mass is 640 g/mol. The number of aromatic nitrogens is 6. The third kappa shape index (κ3) is 9.70. The van der Waals surface area contributed by atoms with Gasteiger partial charge in [0.05, 0.1) is 36.9 Å². The lowest BCUT2D eigenvalue weighted by Gasteiger charge is -2.02. The molecule has 4 N–H and O–H groups in total. The highest BCUT2D eigenvalue weighted by Crippen LogP contribution is 2.17. The van der Waals surface area contributed by atoms with Crippen molar-refractivity contribution in [2.24, 2.45) is 11.5 Å². The van der Waals surface area contributed by atoms with E-state index in [2.05, 4.69) is 52.5 Å². The molecule has 2 heterocycles. The van der Waals surface area contributed by atoms with Crippen molar-refractivity contribution in [1.29, 1.82) is 0 Å². The van der Waals surface area contributed by atoms with Crippen LogP contribution in [-0.2, 0) is 26.2 Å². The first kappa shape index (κ1) is 31.5. The highest BCUT2D eigenvalue weighted by atomic mass is 79.9. The SMILES string of the molecule is Cl.Cl.Cl.NCc1cn(Cc2ccccc2Br)nn1.NCc1cn(Cc2ccccc2Br)nn1. The van der Waals surface area contributed by atoms with Gasteiger partial charge >= 0.3 is 0 Å². The minimum Gasteiger partial charge on any atom is -0.325 e. The van der Waals surface area contributed by atoms with Crippen molar-refractivity contribution in [3.8, 4) is 0 Å². The summed E-state index contributed by atoms with van der Waals surface area (Å²) in [6.07, 6.45) is 3.72. The average Bonchev–Trinajstić information content (AvgIpc) is 3.41. The Bertz CT molecular complexity index is 1000. The molecule has 0 aliphatic rings. The van der Waals surface area contributed by atoms with E-state index >= 15 is 0 Å². The molecule has 0 aliphatic carbocycles. The molecule has 0 spiro atoms. The molecular formula is C20H25Br2Cl3N8. The summed E-state index contributed by atoms with van der Waals surface area (Å²) in [7, 11) is 0. The van der Waals surface area contributed by atoms with E-state index in [1.54, 1.807) is 9.36 Å². The first-order chi connectivity index (χ1) is 14.6. The van der Waals surface area contributed by atoms with Gasteiger partial charge in [0.15, 0.2) is 0 Å². The normalized spacial score (nSPS) is 9.58. The Morgan fingerprint density at radius 2 is 1.00 bits per heavy atom. The second-order valence-electron chi connectivity index (χ2n) is 6.41. The van der Waals surface area contributed by atoms with Gasteiger partial charge in [-0.25, -0.2) is 9.36 Å². The van der Waals surface area contributed by atoms with Crippen LogP contribution < -0.4 is 11.5 Å². The smallest absolute Gasteiger partial charge is 0.0962 e. The van der Waals surface area contributed by atoms with Crippen molar-refractivity contribution < 1.29 is 0 Å². The number of rotatable bonds is 6. The number of nitrogens with zero attached hydrogens (tertiary/aromatic N) is 6. The highest BCUT2D eigenvalue weighted by molar-refractivity contribution is 9.10. The van der Waals surface area contributed by atoms with Crippen LogP contribution in [0.3, 0.4) is 0 Å². The Labute approximate surface area is 228 Å². The van der Waals surface area contributed by atoms with Gasteiger partial charge in [-0.3, -0.25) is 0 Å². The van der Waals surface area contributed by atoms with Gasteiger partial charge in [0.2, 0.25) is 0 Å². The Balaban J connectivity index is 0.000000569. The van der Waals surface area contributed by atoms with Gasteiger partial charge in [-0.1, -0.05) is 78.7 Å². The van der Waals surface area contributed by atoms with Gasteiger partial charge in [-0.15, -0.1) is 47.4 Å². The van der Waals surface area contributed by atoms with Gasteiger partial charge < -0.3 is 11.5 Å². The quantitative estimate of drug-likeness (QED) is 0.323. The maximum absolute atomic E-state index is 5.46. The van der Waals surface area contributed by atoms with Crippen LogP contribution in [0.4, 0.5) is 0 Å². The molecule has 0 unspecified atom stereocenters. The van der Waals surface area contributed by atoms with Crippen molar-refractivity contribution in [2.45, 2.75) is 26.2 Å². The molecule has 13 heteroatoms. The van der Waals surface area contributed by atoms with E-state index in [9.17, 15) is 0 Å². The van der Waals surface area contributed by atoms with E-state index in [4.69, 9.17) is 11.5 Å². The molecule has 2 aromatic carbocycles. The van der Waals surface area contributed by atoms with Crippen molar-refractivity contribution >= 4 is 69.1 Å². The second-order valence-corrected chi connectivity index (χ2v) is 8.11. The predicted octanol–water partition coefficient (Wildman–Crippen LogP) is 4.36. The summed E-state index contributed by atoms with van der Waals surface area (Å²) in [5.41, 5.74) is 14.9. The lowest BCUT2D eigenvalue weighted by atomic mass is 10.2. The fourth-order valence-electron chi connectivity index (χ4n) is 2.62. The Hall–Kier alpha value is -1.53. The molecule has 180 valence electrons. The van der Waals surface area contributed by atoms with Crippen LogP contribution in [0.5, 0.6) is 0 Å². The van der Waals surface area contributed by atoms with Crippen LogP contribution in [0, 0.1) is 0 Å². The molecule has 0 saturated heterocycles. The Morgan fingerprint density at radius 3 is 1.30 bits per heavy atom. The Morgan fingerprint density at radius 1 is 0.636 bits per heavy atom. The highest BCUT2D eigenvalue weighted by Gasteiger charge is 2.03. The molecule has 4 rings (SSSR count). The fourth-order valence-corrected chi connectivity index (χ4v) is 3.44. The van der Waals surface area contributed by atoms with Crippen molar-refractivity contribution in [3.05, 3.63) is 92.4 Å². The van der Waals surface area contributed by atoms with Crippen molar-refractivity contribution in [3.63, 3.8) is 0 Å². The minimum absolute atomic E-state index is 0. The first-order valence-electron chi connectivity index (χ1n) is 9.24. The van der Waals surface area contributed by atoms with Crippen LogP contribution >= 0.6 is 69.1 Å². The maximum atomic E-state index is 5.46. The summed E-state index contributed by atoms with van der Waals surface area (Å²) in [5, 5.41) is 15.8. The summed E-state index contributed by atoms with van der Waals surface area (Å²) in [4.78, 5) is 0. The first-order valence-corrected chi connectivity index (χ1v) is 10.8. The van der Waals surface area contributed by atoms with Crippen LogP contribution in [0.1, 0.15) is 22.5 Å². The fraction of sp³-hybridized carbons (Fsp3) is 0.200. The molecule has 0 radical (unpaired) electrons. The van der Waals surface area contributed by atoms with E-state index in [0.717, 1.165) is 20.3 Å². The third-order valence-corrected chi connectivity index (χ3v) is 5.72. The summed E-state index contributed by atoms with van der Waals surface area (Å²) < 4.78 is 5.72. The zero-order valence-electron chi connectivity index (χ0n) is 17.4. The maximum Gasteiger partial charge on any atom is 0.0962 e. The van der Waals surface area contributed by atoms with E-state index in [0.29, 0.717) is 26.2 Å². The molecule has 4 aromatic rings. The molecule has 0 amide bonds. The lowest BCUT2D eigenvalue weighted by molar-refractivity contribution is 0.647. The van der Waals surface area contributed by atoms with Gasteiger partial charge in [0.1, 0.15) is 0 Å². The summed E-state index contributed by atoms with van der Waals surface area (Å²) in [5.74, 6) is 0. The van der Waals surface area contributed by atoms with Gasteiger partial charge in [-0.05, 0) is 23.3 Å². The number of hydrogen-bond donors (Lipinski definition) is 2. The van der Waals surface area contributed by atoms with Crippen LogP contribution in [0.2, 0.25) is 0 Å². The number of hydrogen-bond acceptors (Lipinski definition) is 6. The van der Waals surface area contributed by atoms with Crippen LogP contribution in [0.25, 0.3) is 0 Å². The minimum atomic E-state index is 0. The molecule has 8 nitrogen and oxygen atoms in total. The largest absolute Gasteiger partial charge is 0.325 e. The molecule has 0 bridgehead atoms. The van der Waals surface area contributed by atoms with Gasteiger partial charge in [0.25, 0.3) is 0 Å². The standard InChI is InChI=1S/2C10H11BrN4.3ClH/c2*11-10-4-2-1-3-8(10)6-15-7-9(5-12)13-14-15;;;/h2*1-4,7H,5-6,12H2;3*1H. The lowest BCUT2D eigenvalue weighted by Crippen LogP contribution is -2.01. The van der Waals surface area contributed by atoms with E-state index < -0.39 is 0 Å². The molecule has 0 saturated carbocycles. The second kappa shape index (κ2) is 16.2. The number of nitrogens with two attached hydrogens (primary N) is 2. The number of halogens is 5. The zero-order valence-corrected chi connectivity index (χ0v) is 23.0. The van der Waals surface area contributed by atoms with Crippen molar-refractivity contribution in [1.82, 2.24) is 30.0 Å². The summed E-state index contributed by atoms with van der Waals surface area (Å²) >= 11 is 6.98. The molecule has 0 atom stereocenters. The third-order valence-electron chi connectivity index (χ3n) is 4.17.